The molecular weight excluding hydrogens is 316 g/mol. The summed E-state index contributed by atoms with van der Waals surface area (Å²) in [5, 5.41) is 12.1. The van der Waals surface area contributed by atoms with Crippen LogP contribution < -0.4 is 5.32 Å². The summed E-state index contributed by atoms with van der Waals surface area (Å²) in [6, 6.07) is -0.392. The van der Waals surface area contributed by atoms with Crippen molar-refractivity contribution in [2.24, 2.45) is 17.8 Å². The van der Waals surface area contributed by atoms with Gasteiger partial charge in [-0.05, 0) is 38.0 Å². The van der Waals surface area contributed by atoms with Gasteiger partial charge in [0.1, 0.15) is 6.04 Å². The lowest BCUT2D eigenvalue weighted by atomic mass is 9.80. The maximum absolute atomic E-state index is 12.8. The van der Waals surface area contributed by atoms with Crippen LogP contribution in [0.15, 0.2) is 0 Å². The molecule has 6 nitrogen and oxygen atoms in total. The number of nitrogens with zero attached hydrogens (tertiary/aromatic N) is 1. The number of carboxylic acids is 1. The first kappa shape index (κ1) is 16.6. The Bertz CT molecular complexity index is 494. The van der Waals surface area contributed by atoms with E-state index in [1.165, 1.54) is 12.8 Å². The Morgan fingerprint density at radius 1 is 1.13 bits per heavy atom. The van der Waals surface area contributed by atoms with Gasteiger partial charge in [-0.3, -0.25) is 14.4 Å². The van der Waals surface area contributed by atoms with E-state index in [2.05, 4.69) is 5.32 Å². The van der Waals surface area contributed by atoms with Gasteiger partial charge in [0.2, 0.25) is 11.8 Å². The second kappa shape index (κ2) is 7.11. The zero-order valence-corrected chi connectivity index (χ0v) is 14.0. The average molecular weight is 340 g/mol. The summed E-state index contributed by atoms with van der Waals surface area (Å²) in [4.78, 5) is 38.0. The van der Waals surface area contributed by atoms with Crippen molar-refractivity contribution in [1.82, 2.24) is 10.2 Å². The first-order valence-corrected chi connectivity index (χ1v) is 9.60. The molecular formula is C16H24N2O4S. The quantitative estimate of drug-likeness (QED) is 0.788. The predicted octanol–water partition coefficient (Wildman–Crippen LogP) is 1.31. The highest BCUT2D eigenvalue weighted by Gasteiger charge is 2.40. The molecule has 3 rings (SSSR count). The molecule has 2 N–H and O–H groups in total. The zero-order chi connectivity index (χ0) is 16.4. The van der Waals surface area contributed by atoms with Crippen LogP contribution >= 0.6 is 11.8 Å². The van der Waals surface area contributed by atoms with Crippen LogP contribution in [-0.4, -0.2) is 52.0 Å². The number of carboxylic acid groups (broad SMARTS) is 1. The number of carbonyl (C=O) groups is 3. The summed E-state index contributed by atoms with van der Waals surface area (Å²) in [7, 11) is 0. The second-order valence-electron chi connectivity index (χ2n) is 6.91. The fourth-order valence-corrected chi connectivity index (χ4v) is 4.60. The topological polar surface area (TPSA) is 86.7 Å². The molecule has 3 aliphatic rings. The molecule has 0 spiro atoms. The second-order valence-corrected chi connectivity index (χ2v) is 7.91. The van der Waals surface area contributed by atoms with E-state index < -0.39 is 17.9 Å². The molecule has 23 heavy (non-hydrogen) atoms. The third-order valence-electron chi connectivity index (χ3n) is 5.10. The molecule has 2 aliphatic carbocycles. The first-order chi connectivity index (χ1) is 11.1. The molecule has 2 saturated carbocycles. The standard InChI is InChI=1S/C16H24N2O4S/c19-14(17-7-10-4-5-10)13-8-23-9-18(13)15(20)11-2-1-3-12(6-11)16(21)22/h10-13H,1-9H2,(H,17,19)(H,21,22). The Morgan fingerprint density at radius 2 is 1.87 bits per heavy atom. The van der Waals surface area contributed by atoms with Gasteiger partial charge in [0, 0.05) is 18.2 Å². The summed E-state index contributed by atoms with van der Waals surface area (Å²) < 4.78 is 0. The first-order valence-electron chi connectivity index (χ1n) is 8.45. The van der Waals surface area contributed by atoms with Crippen molar-refractivity contribution in [3.63, 3.8) is 0 Å². The number of hydrogen-bond donors (Lipinski definition) is 2. The fourth-order valence-electron chi connectivity index (χ4n) is 3.43. The van der Waals surface area contributed by atoms with E-state index in [0.29, 0.717) is 36.9 Å². The van der Waals surface area contributed by atoms with Crippen LogP contribution in [0.2, 0.25) is 0 Å². The number of hydrogen-bond acceptors (Lipinski definition) is 4. The van der Waals surface area contributed by atoms with E-state index in [1.54, 1.807) is 16.7 Å². The van der Waals surface area contributed by atoms with E-state index in [1.807, 2.05) is 0 Å². The van der Waals surface area contributed by atoms with Gasteiger partial charge in [-0.1, -0.05) is 6.42 Å². The number of thioether (sulfide) groups is 1. The van der Waals surface area contributed by atoms with Crippen LogP contribution in [0.1, 0.15) is 38.5 Å². The number of amides is 2. The Hall–Kier alpha value is -1.24. The smallest absolute Gasteiger partial charge is 0.306 e. The lowest BCUT2D eigenvalue weighted by Crippen LogP contribution is -2.50. The molecule has 0 radical (unpaired) electrons. The molecule has 0 aromatic heterocycles. The summed E-state index contributed by atoms with van der Waals surface area (Å²) in [6.07, 6.45) is 4.93. The molecule has 3 fully saturated rings. The molecule has 0 aromatic rings. The molecule has 3 unspecified atom stereocenters. The zero-order valence-electron chi connectivity index (χ0n) is 13.2. The minimum Gasteiger partial charge on any atom is -0.481 e. The van der Waals surface area contributed by atoms with E-state index in [4.69, 9.17) is 0 Å². The number of carbonyl (C=O) groups excluding carboxylic acids is 2. The lowest BCUT2D eigenvalue weighted by Gasteiger charge is -2.31. The summed E-state index contributed by atoms with van der Waals surface area (Å²) in [5.41, 5.74) is 0. The Balaban J connectivity index is 1.58. The van der Waals surface area contributed by atoms with Crippen LogP contribution in [0.25, 0.3) is 0 Å². The molecule has 2 amide bonds. The van der Waals surface area contributed by atoms with Crippen LogP contribution in [0.4, 0.5) is 0 Å². The van der Waals surface area contributed by atoms with Gasteiger partial charge in [0.25, 0.3) is 0 Å². The number of nitrogens with one attached hydrogen (secondary N) is 1. The maximum Gasteiger partial charge on any atom is 0.306 e. The van der Waals surface area contributed by atoms with E-state index in [0.717, 1.165) is 12.8 Å². The molecule has 0 bridgehead atoms. The molecule has 7 heteroatoms. The van der Waals surface area contributed by atoms with Crippen LogP contribution in [0.5, 0.6) is 0 Å². The lowest BCUT2D eigenvalue weighted by molar-refractivity contribution is -0.147. The van der Waals surface area contributed by atoms with Crippen molar-refractivity contribution in [2.75, 3.05) is 18.2 Å². The molecule has 1 saturated heterocycles. The van der Waals surface area contributed by atoms with Crippen molar-refractivity contribution in [3.8, 4) is 0 Å². The van der Waals surface area contributed by atoms with Crippen molar-refractivity contribution >= 4 is 29.5 Å². The molecule has 0 aromatic carbocycles. The molecule has 1 aliphatic heterocycles. The van der Waals surface area contributed by atoms with Gasteiger partial charge in [-0.15, -0.1) is 11.8 Å². The molecule has 128 valence electrons. The van der Waals surface area contributed by atoms with E-state index in [-0.39, 0.29) is 17.7 Å². The van der Waals surface area contributed by atoms with Crippen LogP contribution in [-0.2, 0) is 14.4 Å². The molecule has 1 heterocycles. The van der Waals surface area contributed by atoms with Crippen molar-refractivity contribution in [1.29, 1.82) is 0 Å². The average Bonchev–Trinajstić information content (AvgIpc) is 3.26. The van der Waals surface area contributed by atoms with Crippen LogP contribution in [0, 0.1) is 17.8 Å². The monoisotopic (exact) mass is 340 g/mol. The number of aliphatic carboxylic acids is 1. The van der Waals surface area contributed by atoms with Gasteiger partial charge in [-0.2, -0.15) is 0 Å². The van der Waals surface area contributed by atoms with Gasteiger partial charge in [0.15, 0.2) is 0 Å². The Kier molecular flexibility index (Phi) is 5.14. The predicted molar refractivity (Wildman–Crippen MR) is 86.8 cm³/mol. The highest BCUT2D eigenvalue weighted by molar-refractivity contribution is 7.99. The Morgan fingerprint density at radius 3 is 2.57 bits per heavy atom. The minimum atomic E-state index is -0.808. The Labute approximate surface area is 140 Å². The summed E-state index contributed by atoms with van der Waals surface area (Å²) in [5.74, 6) is 0.223. The van der Waals surface area contributed by atoms with E-state index >= 15 is 0 Å². The van der Waals surface area contributed by atoms with Gasteiger partial charge < -0.3 is 15.3 Å². The van der Waals surface area contributed by atoms with Crippen molar-refractivity contribution in [3.05, 3.63) is 0 Å². The number of rotatable bonds is 5. The van der Waals surface area contributed by atoms with E-state index in [9.17, 15) is 19.5 Å². The normalized spacial score (nSPS) is 31.0. The highest BCUT2D eigenvalue weighted by Crippen LogP contribution is 2.33. The largest absolute Gasteiger partial charge is 0.481 e. The van der Waals surface area contributed by atoms with Crippen LogP contribution in [0.3, 0.4) is 0 Å². The van der Waals surface area contributed by atoms with Crippen molar-refractivity contribution in [2.45, 2.75) is 44.6 Å². The van der Waals surface area contributed by atoms with Gasteiger partial charge >= 0.3 is 5.97 Å². The summed E-state index contributed by atoms with van der Waals surface area (Å²) in [6.45, 7) is 0.715. The van der Waals surface area contributed by atoms with Crippen molar-refractivity contribution < 1.29 is 19.5 Å². The summed E-state index contributed by atoms with van der Waals surface area (Å²) >= 11 is 1.60. The highest BCUT2D eigenvalue weighted by atomic mass is 32.2. The molecule has 3 atom stereocenters. The maximum atomic E-state index is 12.8. The third-order valence-corrected chi connectivity index (χ3v) is 6.11. The van der Waals surface area contributed by atoms with Gasteiger partial charge in [0.05, 0.1) is 11.8 Å². The minimum absolute atomic E-state index is 0.0347. The third kappa shape index (κ3) is 4.00. The fraction of sp³-hybridized carbons (Fsp3) is 0.812. The van der Waals surface area contributed by atoms with Gasteiger partial charge in [-0.25, -0.2) is 0 Å². The SMILES string of the molecule is O=C(O)C1CCCC(C(=O)N2CSCC2C(=O)NCC2CC2)C1.